The van der Waals surface area contributed by atoms with Crippen molar-refractivity contribution < 1.29 is 4.79 Å². The summed E-state index contributed by atoms with van der Waals surface area (Å²) in [5.74, 6) is 2.29. The number of thioether (sulfide) groups is 1. The lowest BCUT2D eigenvalue weighted by atomic mass is 10.2. The number of benzene rings is 1. The van der Waals surface area contributed by atoms with Crippen LogP contribution in [-0.4, -0.2) is 63.7 Å². The Kier molecular flexibility index (Phi) is 6.74. The molecule has 2 aromatic rings. The third-order valence-electron chi connectivity index (χ3n) is 4.85. The fourth-order valence-corrected chi connectivity index (χ4v) is 4.17. The van der Waals surface area contributed by atoms with Crippen molar-refractivity contribution in [1.29, 1.82) is 0 Å². The molecule has 1 saturated heterocycles. The van der Waals surface area contributed by atoms with Gasteiger partial charge in [-0.25, -0.2) is 4.98 Å². The highest BCUT2D eigenvalue weighted by Gasteiger charge is 2.23. The van der Waals surface area contributed by atoms with Gasteiger partial charge in [0.1, 0.15) is 5.82 Å². The van der Waals surface area contributed by atoms with E-state index in [9.17, 15) is 4.79 Å². The molecule has 26 heavy (non-hydrogen) atoms. The summed E-state index contributed by atoms with van der Waals surface area (Å²) in [7, 11) is 0. The maximum Gasteiger partial charge on any atom is 0.255 e. The van der Waals surface area contributed by atoms with Gasteiger partial charge in [-0.1, -0.05) is 26.0 Å². The number of carbonyl (C=O) groups excluding carboxylic acids is 1. The average Bonchev–Trinajstić information content (AvgIpc) is 3.14. The summed E-state index contributed by atoms with van der Waals surface area (Å²) in [5.41, 5.74) is 0.846. The van der Waals surface area contributed by atoms with Gasteiger partial charge >= 0.3 is 0 Å². The van der Waals surface area contributed by atoms with Crippen molar-refractivity contribution in [2.75, 3.05) is 38.5 Å². The van der Waals surface area contributed by atoms with Crippen molar-refractivity contribution in [2.45, 2.75) is 31.7 Å². The van der Waals surface area contributed by atoms with E-state index >= 15 is 0 Å². The van der Waals surface area contributed by atoms with Gasteiger partial charge in [0.25, 0.3) is 5.91 Å². The topological polar surface area (TPSA) is 41.4 Å². The molecule has 0 radical (unpaired) electrons. The van der Waals surface area contributed by atoms with Crippen LogP contribution in [0.15, 0.2) is 41.6 Å². The number of nitrogens with zero attached hydrogens (tertiary/aromatic N) is 4. The molecular weight excluding hydrogens is 344 g/mol. The minimum Gasteiger partial charge on any atom is -0.336 e. The fraction of sp³-hybridized carbons (Fsp3) is 0.500. The second kappa shape index (κ2) is 9.24. The third-order valence-corrected chi connectivity index (χ3v) is 5.81. The van der Waals surface area contributed by atoms with Crippen LogP contribution in [0, 0.1) is 0 Å². The Morgan fingerprint density at radius 1 is 1.12 bits per heavy atom. The second-order valence-electron chi connectivity index (χ2n) is 6.45. The van der Waals surface area contributed by atoms with Crippen molar-refractivity contribution in [3.63, 3.8) is 0 Å². The highest BCUT2D eigenvalue weighted by molar-refractivity contribution is 7.99. The van der Waals surface area contributed by atoms with Crippen LogP contribution in [0.4, 0.5) is 0 Å². The number of carbonyl (C=O) groups is 1. The zero-order valence-electron chi connectivity index (χ0n) is 15.7. The van der Waals surface area contributed by atoms with E-state index in [0.717, 1.165) is 67.7 Å². The molecule has 2 heterocycles. The lowest BCUT2D eigenvalue weighted by Crippen LogP contribution is -2.49. The fourth-order valence-electron chi connectivity index (χ4n) is 3.38. The molecule has 0 unspecified atom stereocenters. The Labute approximate surface area is 160 Å². The van der Waals surface area contributed by atoms with Crippen molar-refractivity contribution in [3.8, 4) is 0 Å². The molecule has 1 aromatic heterocycles. The number of hydrogen-bond donors (Lipinski definition) is 0. The smallest absolute Gasteiger partial charge is 0.255 e. The average molecular weight is 373 g/mol. The molecule has 3 rings (SSSR count). The minimum atomic E-state index is 0.170. The molecule has 140 valence electrons. The lowest BCUT2D eigenvalue weighted by Gasteiger charge is -2.35. The van der Waals surface area contributed by atoms with Crippen molar-refractivity contribution in [1.82, 2.24) is 19.4 Å². The molecule has 0 spiro atoms. The number of piperazine rings is 1. The van der Waals surface area contributed by atoms with E-state index in [2.05, 4.69) is 34.5 Å². The highest BCUT2D eigenvalue weighted by atomic mass is 32.2. The predicted molar refractivity (Wildman–Crippen MR) is 107 cm³/mol. The first-order chi connectivity index (χ1) is 12.7. The van der Waals surface area contributed by atoms with Gasteiger partial charge in [0.2, 0.25) is 0 Å². The number of imidazole rings is 1. The first-order valence-corrected chi connectivity index (χ1v) is 10.4. The van der Waals surface area contributed by atoms with E-state index < -0.39 is 0 Å². The summed E-state index contributed by atoms with van der Waals surface area (Å²) in [6.45, 7) is 9.70. The molecule has 0 bridgehead atoms. The number of aromatic nitrogens is 2. The van der Waals surface area contributed by atoms with Crippen LogP contribution in [0.25, 0.3) is 0 Å². The second-order valence-corrected chi connectivity index (χ2v) is 7.76. The lowest BCUT2D eigenvalue weighted by molar-refractivity contribution is 0.0629. The first kappa shape index (κ1) is 19.0. The molecule has 1 amide bonds. The molecule has 0 saturated carbocycles. The molecule has 6 heteroatoms. The van der Waals surface area contributed by atoms with Crippen LogP contribution in [0.5, 0.6) is 0 Å². The van der Waals surface area contributed by atoms with E-state index in [1.165, 1.54) is 0 Å². The Morgan fingerprint density at radius 2 is 1.88 bits per heavy atom. The van der Waals surface area contributed by atoms with Gasteiger partial charge < -0.3 is 9.47 Å². The van der Waals surface area contributed by atoms with Gasteiger partial charge in [-0.05, 0) is 17.9 Å². The number of hydrogen-bond acceptors (Lipinski definition) is 4. The molecular formula is C20H28N4OS. The summed E-state index contributed by atoms with van der Waals surface area (Å²) >= 11 is 1.74. The van der Waals surface area contributed by atoms with Gasteiger partial charge in [0.05, 0.1) is 5.56 Å². The number of amides is 1. The maximum absolute atomic E-state index is 12.9. The molecule has 1 aliphatic heterocycles. The summed E-state index contributed by atoms with van der Waals surface area (Å²) in [6.07, 6.45) is 4.90. The minimum absolute atomic E-state index is 0.170. The molecule has 1 aliphatic rings. The van der Waals surface area contributed by atoms with Gasteiger partial charge in [-0.2, -0.15) is 0 Å². The van der Waals surface area contributed by atoms with Crippen molar-refractivity contribution in [2.24, 2.45) is 0 Å². The third kappa shape index (κ3) is 4.48. The quantitative estimate of drug-likeness (QED) is 0.701. The van der Waals surface area contributed by atoms with Gasteiger partial charge in [0, 0.05) is 63.0 Å². The van der Waals surface area contributed by atoms with Crippen LogP contribution < -0.4 is 0 Å². The normalized spacial score (nSPS) is 15.4. The first-order valence-electron chi connectivity index (χ1n) is 9.46. The van der Waals surface area contributed by atoms with Crippen LogP contribution >= 0.6 is 11.8 Å². The van der Waals surface area contributed by atoms with E-state index in [4.69, 9.17) is 0 Å². The van der Waals surface area contributed by atoms with Gasteiger partial charge in [-0.3, -0.25) is 9.69 Å². The van der Waals surface area contributed by atoms with E-state index in [1.54, 1.807) is 11.8 Å². The van der Waals surface area contributed by atoms with Crippen molar-refractivity contribution >= 4 is 17.7 Å². The van der Waals surface area contributed by atoms with E-state index in [1.807, 2.05) is 35.4 Å². The van der Waals surface area contributed by atoms with Crippen molar-refractivity contribution in [3.05, 3.63) is 48.0 Å². The van der Waals surface area contributed by atoms with Crippen LogP contribution in [-0.2, 0) is 13.0 Å². The summed E-state index contributed by atoms with van der Waals surface area (Å²) in [4.78, 5) is 22.8. The van der Waals surface area contributed by atoms with E-state index in [0.29, 0.717) is 0 Å². The molecule has 0 aliphatic carbocycles. The molecule has 0 N–H and O–H groups in total. The van der Waals surface area contributed by atoms with Crippen LogP contribution in [0.1, 0.15) is 30.0 Å². The molecule has 5 nitrogen and oxygen atoms in total. The summed E-state index contributed by atoms with van der Waals surface area (Å²) < 4.78 is 2.23. The summed E-state index contributed by atoms with van der Waals surface area (Å²) in [5, 5.41) is 0. The number of aryl methyl sites for hydroxylation is 1. The molecule has 1 fully saturated rings. The Hall–Kier alpha value is -1.79. The van der Waals surface area contributed by atoms with Gasteiger partial charge in [0.15, 0.2) is 0 Å². The van der Waals surface area contributed by atoms with Gasteiger partial charge in [-0.15, -0.1) is 11.8 Å². The largest absolute Gasteiger partial charge is 0.336 e. The zero-order valence-corrected chi connectivity index (χ0v) is 16.5. The Morgan fingerprint density at radius 3 is 2.62 bits per heavy atom. The Balaban J connectivity index is 1.53. The number of rotatable bonds is 7. The predicted octanol–water partition coefficient (Wildman–Crippen LogP) is 3.02. The SMILES string of the molecule is CCSc1ccccc1C(=O)N1CCN(CCn2ccnc2CC)CC1. The van der Waals surface area contributed by atoms with Crippen LogP contribution in [0.3, 0.4) is 0 Å². The Bertz CT molecular complexity index is 722. The zero-order chi connectivity index (χ0) is 18.4. The molecule has 1 aromatic carbocycles. The van der Waals surface area contributed by atoms with Crippen LogP contribution in [0.2, 0.25) is 0 Å². The monoisotopic (exact) mass is 372 g/mol. The maximum atomic E-state index is 12.9. The standard InChI is InChI=1S/C20H28N4OS/c1-3-19-21-9-10-23(19)14-11-22-12-15-24(16-13-22)20(25)17-7-5-6-8-18(17)26-4-2/h5-10H,3-4,11-16H2,1-2H3. The highest BCUT2D eigenvalue weighted by Crippen LogP contribution is 2.24. The summed E-state index contributed by atoms with van der Waals surface area (Å²) in [6, 6.07) is 7.97. The van der Waals surface area contributed by atoms with E-state index in [-0.39, 0.29) is 5.91 Å². The molecule has 0 atom stereocenters.